The summed E-state index contributed by atoms with van der Waals surface area (Å²) in [6.45, 7) is 2.19. The smallest absolute Gasteiger partial charge is 0.240 e. The van der Waals surface area contributed by atoms with E-state index in [1.54, 1.807) is 57.5 Å². The number of methoxy groups -OCH3 is 2. The molecule has 2 aromatic carbocycles. The van der Waals surface area contributed by atoms with Crippen LogP contribution in [0.4, 0.5) is 0 Å². The van der Waals surface area contributed by atoms with Crippen molar-refractivity contribution >= 4 is 10.0 Å². The van der Waals surface area contributed by atoms with Gasteiger partial charge in [0.1, 0.15) is 23.9 Å². The molecule has 0 aliphatic heterocycles. The minimum atomic E-state index is -3.58. The van der Waals surface area contributed by atoms with Crippen molar-refractivity contribution in [3.05, 3.63) is 48.0 Å². The second kappa shape index (κ2) is 8.03. The average molecular weight is 351 g/mol. The Labute approximate surface area is 142 Å². The van der Waals surface area contributed by atoms with Crippen LogP contribution in [0, 0.1) is 6.92 Å². The van der Waals surface area contributed by atoms with Gasteiger partial charge in [-0.2, -0.15) is 0 Å². The molecule has 0 spiro atoms. The number of nitrogens with one attached hydrogen (secondary N) is 1. The van der Waals surface area contributed by atoms with E-state index in [0.29, 0.717) is 11.5 Å². The summed E-state index contributed by atoms with van der Waals surface area (Å²) in [5.41, 5.74) is 0.759. The maximum Gasteiger partial charge on any atom is 0.240 e. The third kappa shape index (κ3) is 4.62. The van der Waals surface area contributed by atoms with Crippen molar-refractivity contribution in [1.82, 2.24) is 4.72 Å². The van der Waals surface area contributed by atoms with Gasteiger partial charge < -0.3 is 14.2 Å². The van der Waals surface area contributed by atoms with Gasteiger partial charge in [0.15, 0.2) is 0 Å². The van der Waals surface area contributed by atoms with Crippen molar-refractivity contribution in [2.45, 2.75) is 11.8 Å². The Morgan fingerprint density at radius 1 is 0.958 bits per heavy atom. The van der Waals surface area contributed by atoms with E-state index in [1.165, 1.54) is 6.07 Å². The zero-order chi connectivity index (χ0) is 17.6. The van der Waals surface area contributed by atoms with Crippen LogP contribution in [-0.4, -0.2) is 35.8 Å². The molecule has 6 nitrogen and oxygen atoms in total. The fourth-order valence-corrected chi connectivity index (χ4v) is 3.22. The molecule has 0 aromatic heterocycles. The Morgan fingerprint density at radius 2 is 1.62 bits per heavy atom. The molecule has 2 aromatic rings. The van der Waals surface area contributed by atoms with E-state index in [9.17, 15) is 8.42 Å². The fourth-order valence-electron chi connectivity index (χ4n) is 2.12. The molecule has 0 unspecified atom stereocenters. The van der Waals surface area contributed by atoms with E-state index >= 15 is 0 Å². The number of hydrogen-bond acceptors (Lipinski definition) is 5. The topological polar surface area (TPSA) is 73.9 Å². The summed E-state index contributed by atoms with van der Waals surface area (Å²) >= 11 is 0. The minimum Gasteiger partial charge on any atom is -0.497 e. The minimum absolute atomic E-state index is 0.166. The number of hydrogen-bond donors (Lipinski definition) is 1. The summed E-state index contributed by atoms with van der Waals surface area (Å²) in [5, 5.41) is 0. The van der Waals surface area contributed by atoms with Crippen molar-refractivity contribution in [1.29, 1.82) is 0 Å². The van der Waals surface area contributed by atoms with Gasteiger partial charge in [0.25, 0.3) is 0 Å². The van der Waals surface area contributed by atoms with Gasteiger partial charge in [-0.1, -0.05) is 0 Å². The van der Waals surface area contributed by atoms with Crippen LogP contribution in [0.3, 0.4) is 0 Å². The zero-order valence-corrected chi connectivity index (χ0v) is 14.7. The number of aryl methyl sites for hydroxylation is 1. The lowest BCUT2D eigenvalue weighted by Gasteiger charge is -2.10. The molecule has 0 heterocycles. The molecular formula is C17H21NO5S. The summed E-state index contributed by atoms with van der Waals surface area (Å²) in [4.78, 5) is 0.199. The Kier molecular flexibility index (Phi) is 6.05. The Bertz CT molecular complexity index is 772. The van der Waals surface area contributed by atoms with Gasteiger partial charge >= 0.3 is 0 Å². The first-order valence-electron chi connectivity index (χ1n) is 7.37. The number of sulfonamides is 1. The van der Waals surface area contributed by atoms with Crippen LogP contribution < -0.4 is 18.9 Å². The Hall–Kier alpha value is -2.25. The van der Waals surface area contributed by atoms with Gasteiger partial charge in [-0.05, 0) is 55.0 Å². The first-order valence-corrected chi connectivity index (χ1v) is 8.86. The monoisotopic (exact) mass is 351 g/mol. The van der Waals surface area contributed by atoms with Gasteiger partial charge in [0.2, 0.25) is 10.0 Å². The fraction of sp³-hybridized carbons (Fsp3) is 0.294. The van der Waals surface area contributed by atoms with Crippen LogP contribution in [0.15, 0.2) is 47.4 Å². The molecule has 7 heteroatoms. The summed E-state index contributed by atoms with van der Waals surface area (Å²) in [7, 11) is -0.443. The average Bonchev–Trinajstić information content (AvgIpc) is 2.59. The number of rotatable bonds is 8. The molecular weight excluding hydrogens is 330 g/mol. The first-order chi connectivity index (χ1) is 11.5. The highest BCUT2D eigenvalue weighted by molar-refractivity contribution is 7.89. The molecule has 0 aliphatic rings. The lowest BCUT2D eigenvalue weighted by Crippen LogP contribution is -2.28. The van der Waals surface area contributed by atoms with E-state index < -0.39 is 10.0 Å². The summed E-state index contributed by atoms with van der Waals surface area (Å²) < 4.78 is 42.7. The highest BCUT2D eigenvalue weighted by Crippen LogP contribution is 2.21. The third-order valence-electron chi connectivity index (χ3n) is 3.40. The predicted molar refractivity (Wildman–Crippen MR) is 91.4 cm³/mol. The van der Waals surface area contributed by atoms with Gasteiger partial charge in [0, 0.05) is 6.54 Å². The van der Waals surface area contributed by atoms with Crippen molar-refractivity contribution in [3.8, 4) is 17.2 Å². The van der Waals surface area contributed by atoms with Crippen LogP contribution in [0.1, 0.15) is 5.56 Å². The van der Waals surface area contributed by atoms with Crippen LogP contribution >= 0.6 is 0 Å². The molecule has 130 valence electrons. The van der Waals surface area contributed by atoms with Crippen molar-refractivity contribution < 1.29 is 22.6 Å². The molecule has 0 atom stereocenters. The first kappa shape index (κ1) is 18.1. The SMILES string of the molecule is COc1ccc(OCCNS(=O)(=O)c2ccc(OC)c(C)c2)cc1. The number of benzene rings is 2. The molecule has 0 radical (unpaired) electrons. The molecule has 0 bridgehead atoms. The van der Waals surface area contributed by atoms with Gasteiger partial charge in [-0.15, -0.1) is 0 Å². The van der Waals surface area contributed by atoms with Crippen molar-refractivity contribution in [2.24, 2.45) is 0 Å². The third-order valence-corrected chi connectivity index (χ3v) is 4.86. The van der Waals surface area contributed by atoms with Crippen LogP contribution in [-0.2, 0) is 10.0 Å². The lowest BCUT2D eigenvalue weighted by atomic mass is 10.2. The zero-order valence-electron chi connectivity index (χ0n) is 13.9. The molecule has 0 saturated heterocycles. The maximum atomic E-state index is 12.3. The molecule has 2 rings (SSSR count). The normalized spacial score (nSPS) is 11.1. The second-order valence-electron chi connectivity index (χ2n) is 5.05. The number of ether oxygens (including phenoxy) is 3. The van der Waals surface area contributed by atoms with Crippen molar-refractivity contribution in [2.75, 3.05) is 27.4 Å². The largest absolute Gasteiger partial charge is 0.497 e. The standard InChI is InChI=1S/C17H21NO5S/c1-13-12-16(8-9-17(13)22-3)24(19,20)18-10-11-23-15-6-4-14(21-2)5-7-15/h4-9,12,18H,10-11H2,1-3H3. The molecule has 0 saturated carbocycles. The van der Waals surface area contributed by atoms with Gasteiger partial charge in [-0.25, -0.2) is 13.1 Å². The van der Waals surface area contributed by atoms with Crippen LogP contribution in [0.5, 0.6) is 17.2 Å². The van der Waals surface area contributed by atoms with E-state index in [0.717, 1.165) is 11.3 Å². The van der Waals surface area contributed by atoms with E-state index in [4.69, 9.17) is 14.2 Å². The van der Waals surface area contributed by atoms with E-state index in [-0.39, 0.29) is 18.0 Å². The highest BCUT2D eigenvalue weighted by Gasteiger charge is 2.14. The predicted octanol–water partition coefficient (Wildman–Crippen LogP) is 2.37. The molecule has 0 fully saturated rings. The van der Waals surface area contributed by atoms with Crippen molar-refractivity contribution in [3.63, 3.8) is 0 Å². The second-order valence-corrected chi connectivity index (χ2v) is 6.82. The summed E-state index contributed by atoms with van der Waals surface area (Å²) in [6.07, 6.45) is 0. The quantitative estimate of drug-likeness (QED) is 0.739. The lowest BCUT2D eigenvalue weighted by molar-refractivity contribution is 0.322. The van der Waals surface area contributed by atoms with Gasteiger partial charge in [-0.3, -0.25) is 0 Å². The molecule has 0 amide bonds. The molecule has 0 aliphatic carbocycles. The van der Waals surface area contributed by atoms with Crippen LogP contribution in [0.2, 0.25) is 0 Å². The summed E-state index contributed by atoms with van der Waals surface area (Å²) in [5.74, 6) is 2.03. The van der Waals surface area contributed by atoms with E-state index in [2.05, 4.69) is 4.72 Å². The van der Waals surface area contributed by atoms with E-state index in [1.807, 2.05) is 0 Å². The molecule has 1 N–H and O–H groups in total. The molecule has 24 heavy (non-hydrogen) atoms. The maximum absolute atomic E-state index is 12.3. The summed E-state index contributed by atoms with van der Waals surface area (Å²) in [6, 6.07) is 11.8. The highest BCUT2D eigenvalue weighted by atomic mass is 32.2. The van der Waals surface area contributed by atoms with Gasteiger partial charge in [0.05, 0.1) is 19.1 Å². The Balaban J connectivity index is 1.89. The van der Waals surface area contributed by atoms with Crippen LogP contribution in [0.25, 0.3) is 0 Å². The Morgan fingerprint density at radius 3 is 2.21 bits per heavy atom.